The molecule has 112 valence electrons. The predicted octanol–water partition coefficient (Wildman–Crippen LogP) is 0.864. The van der Waals surface area contributed by atoms with Gasteiger partial charge in [0, 0.05) is 6.54 Å². The lowest BCUT2D eigenvalue weighted by molar-refractivity contribution is -0.121. The van der Waals surface area contributed by atoms with E-state index in [1.165, 1.54) is 10.2 Å². The number of carbonyl (C=O) groups is 1. The molecule has 0 radical (unpaired) electrons. The number of benzene rings is 1. The Balaban J connectivity index is 1.78. The Morgan fingerprint density at radius 1 is 1.33 bits per heavy atom. The Morgan fingerprint density at radius 2 is 2.05 bits per heavy atom. The number of nitrogens with zero attached hydrogens (tertiary/aromatic N) is 3. The highest BCUT2D eigenvalue weighted by atomic mass is 16.3. The van der Waals surface area contributed by atoms with Crippen LogP contribution in [0.3, 0.4) is 0 Å². The lowest BCUT2D eigenvalue weighted by atomic mass is 10.1. The molecular formula is C15H20N4O2. The average Bonchev–Trinajstić information content (AvgIpc) is 2.88. The highest BCUT2D eigenvalue weighted by Crippen LogP contribution is 2.15. The topological polar surface area (TPSA) is 80.0 Å². The molecule has 0 saturated heterocycles. The van der Waals surface area contributed by atoms with Gasteiger partial charge in [-0.15, -0.1) is 5.10 Å². The molecule has 0 aliphatic heterocycles. The third kappa shape index (κ3) is 4.68. The molecule has 2 rings (SSSR count). The van der Waals surface area contributed by atoms with E-state index in [0.717, 1.165) is 6.42 Å². The van der Waals surface area contributed by atoms with Gasteiger partial charge in [-0.3, -0.25) is 4.79 Å². The van der Waals surface area contributed by atoms with Gasteiger partial charge in [0.25, 0.3) is 0 Å². The lowest BCUT2D eigenvalue weighted by Gasteiger charge is -2.11. The van der Waals surface area contributed by atoms with Crippen LogP contribution in [0.1, 0.15) is 25.1 Å². The van der Waals surface area contributed by atoms with Crippen LogP contribution in [0.25, 0.3) is 0 Å². The van der Waals surface area contributed by atoms with Gasteiger partial charge in [-0.25, -0.2) is 4.68 Å². The van der Waals surface area contributed by atoms with E-state index in [4.69, 9.17) is 0 Å². The molecule has 0 saturated carbocycles. The van der Waals surface area contributed by atoms with E-state index < -0.39 is 5.60 Å². The summed E-state index contributed by atoms with van der Waals surface area (Å²) in [4.78, 5) is 11.8. The smallest absolute Gasteiger partial charge is 0.241 e. The van der Waals surface area contributed by atoms with Gasteiger partial charge < -0.3 is 10.4 Å². The van der Waals surface area contributed by atoms with Gasteiger partial charge in [0.2, 0.25) is 5.91 Å². The molecule has 6 nitrogen and oxygen atoms in total. The Morgan fingerprint density at radius 3 is 2.67 bits per heavy atom. The van der Waals surface area contributed by atoms with Crippen LogP contribution < -0.4 is 5.32 Å². The van der Waals surface area contributed by atoms with Crippen LogP contribution in [0.4, 0.5) is 0 Å². The van der Waals surface area contributed by atoms with Gasteiger partial charge in [0.15, 0.2) is 0 Å². The van der Waals surface area contributed by atoms with Gasteiger partial charge in [-0.1, -0.05) is 35.5 Å². The summed E-state index contributed by atoms with van der Waals surface area (Å²) in [5.41, 5.74) is 0.574. The quantitative estimate of drug-likeness (QED) is 0.826. The number of aromatic nitrogens is 3. The maximum atomic E-state index is 11.8. The molecule has 0 unspecified atom stereocenters. The van der Waals surface area contributed by atoms with Crippen molar-refractivity contribution in [2.75, 3.05) is 6.54 Å². The fourth-order valence-corrected chi connectivity index (χ4v) is 1.85. The van der Waals surface area contributed by atoms with Crippen molar-refractivity contribution in [2.24, 2.45) is 0 Å². The van der Waals surface area contributed by atoms with Crippen molar-refractivity contribution >= 4 is 5.91 Å². The maximum absolute atomic E-state index is 11.8. The normalized spacial score (nSPS) is 11.4. The number of nitrogens with one attached hydrogen (secondary N) is 1. The third-order valence-electron chi connectivity index (χ3n) is 3.05. The van der Waals surface area contributed by atoms with Gasteiger partial charge in [-0.05, 0) is 25.8 Å². The van der Waals surface area contributed by atoms with E-state index in [1.54, 1.807) is 20.0 Å². The molecule has 0 fully saturated rings. The molecule has 1 aromatic heterocycles. The standard InChI is InChI=1S/C15H20N4O2/c1-15(2,21)13-10-19(18-17-13)11-14(20)16-9-8-12-6-4-3-5-7-12/h3-7,10,21H,8-9,11H2,1-2H3,(H,16,20). The van der Waals surface area contributed by atoms with E-state index in [1.807, 2.05) is 30.3 Å². The van der Waals surface area contributed by atoms with E-state index in [0.29, 0.717) is 12.2 Å². The van der Waals surface area contributed by atoms with Gasteiger partial charge in [-0.2, -0.15) is 0 Å². The van der Waals surface area contributed by atoms with Crippen molar-refractivity contribution in [3.8, 4) is 0 Å². The zero-order chi connectivity index (χ0) is 15.3. The van der Waals surface area contributed by atoms with Crippen LogP contribution in [-0.4, -0.2) is 32.6 Å². The number of carbonyl (C=O) groups excluding carboxylic acids is 1. The minimum atomic E-state index is -1.05. The van der Waals surface area contributed by atoms with Gasteiger partial charge in [0.05, 0.1) is 6.20 Å². The van der Waals surface area contributed by atoms with Gasteiger partial charge >= 0.3 is 0 Å². The second kappa shape index (κ2) is 6.49. The summed E-state index contributed by atoms with van der Waals surface area (Å²) in [7, 11) is 0. The fourth-order valence-electron chi connectivity index (χ4n) is 1.85. The highest BCUT2D eigenvalue weighted by molar-refractivity contribution is 5.75. The summed E-state index contributed by atoms with van der Waals surface area (Å²) < 4.78 is 1.42. The summed E-state index contributed by atoms with van der Waals surface area (Å²) in [6.45, 7) is 3.93. The molecule has 2 aromatic rings. The summed E-state index contributed by atoms with van der Waals surface area (Å²) in [5, 5.41) is 20.3. The molecule has 0 bridgehead atoms. The first kappa shape index (κ1) is 15.2. The van der Waals surface area contributed by atoms with Crippen LogP contribution >= 0.6 is 0 Å². The van der Waals surface area contributed by atoms with Crippen molar-refractivity contribution in [2.45, 2.75) is 32.4 Å². The molecular weight excluding hydrogens is 268 g/mol. The molecule has 1 amide bonds. The average molecular weight is 288 g/mol. The van der Waals surface area contributed by atoms with Crippen LogP contribution in [0.15, 0.2) is 36.5 Å². The lowest BCUT2D eigenvalue weighted by Crippen LogP contribution is -2.29. The number of rotatable bonds is 6. The monoisotopic (exact) mass is 288 g/mol. The molecule has 21 heavy (non-hydrogen) atoms. The molecule has 6 heteroatoms. The van der Waals surface area contributed by atoms with Crippen LogP contribution in [0.2, 0.25) is 0 Å². The van der Waals surface area contributed by atoms with Crippen molar-refractivity contribution in [3.63, 3.8) is 0 Å². The zero-order valence-corrected chi connectivity index (χ0v) is 12.3. The molecule has 0 aliphatic rings. The first-order valence-electron chi connectivity index (χ1n) is 6.89. The fraction of sp³-hybridized carbons (Fsp3) is 0.400. The maximum Gasteiger partial charge on any atom is 0.241 e. The first-order chi connectivity index (χ1) is 9.95. The number of hydrogen-bond donors (Lipinski definition) is 2. The van der Waals surface area contributed by atoms with Crippen molar-refractivity contribution in [3.05, 3.63) is 47.8 Å². The van der Waals surface area contributed by atoms with Crippen molar-refractivity contribution in [1.29, 1.82) is 0 Å². The van der Waals surface area contributed by atoms with E-state index in [2.05, 4.69) is 15.6 Å². The number of amides is 1. The molecule has 0 atom stereocenters. The molecule has 1 heterocycles. The number of aliphatic hydroxyl groups is 1. The third-order valence-corrected chi connectivity index (χ3v) is 3.05. The van der Waals surface area contributed by atoms with E-state index in [9.17, 15) is 9.90 Å². The molecule has 0 aliphatic carbocycles. The summed E-state index contributed by atoms with van der Waals surface area (Å²) in [5.74, 6) is -0.127. The summed E-state index contributed by atoms with van der Waals surface area (Å²) >= 11 is 0. The minimum Gasteiger partial charge on any atom is -0.384 e. The second-order valence-corrected chi connectivity index (χ2v) is 5.45. The van der Waals surface area contributed by atoms with Crippen molar-refractivity contribution in [1.82, 2.24) is 20.3 Å². The Labute approximate surface area is 123 Å². The van der Waals surface area contributed by atoms with Crippen LogP contribution in [0, 0.1) is 0 Å². The minimum absolute atomic E-state index is 0.0951. The van der Waals surface area contributed by atoms with Gasteiger partial charge in [0.1, 0.15) is 17.8 Å². The molecule has 2 N–H and O–H groups in total. The Kier molecular flexibility index (Phi) is 4.70. The van der Waals surface area contributed by atoms with E-state index >= 15 is 0 Å². The first-order valence-corrected chi connectivity index (χ1v) is 6.89. The Bertz CT molecular complexity index is 587. The second-order valence-electron chi connectivity index (χ2n) is 5.45. The molecule has 1 aromatic carbocycles. The summed E-state index contributed by atoms with van der Waals surface area (Å²) in [6.07, 6.45) is 2.37. The number of hydrogen-bond acceptors (Lipinski definition) is 4. The molecule has 0 spiro atoms. The van der Waals surface area contributed by atoms with E-state index in [-0.39, 0.29) is 12.5 Å². The zero-order valence-electron chi connectivity index (χ0n) is 12.3. The van der Waals surface area contributed by atoms with Crippen molar-refractivity contribution < 1.29 is 9.90 Å². The SMILES string of the molecule is CC(C)(O)c1cn(CC(=O)NCCc2ccccc2)nn1. The van der Waals surface area contributed by atoms with Crippen LogP contribution in [0.5, 0.6) is 0 Å². The van der Waals surface area contributed by atoms with Crippen LogP contribution in [-0.2, 0) is 23.4 Å². The largest absolute Gasteiger partial charge is 0.384 e. The summed E-state index contributed by atoms with van der Waals surface area (Å²) in [6, 6.07) is 9.97. The highest BCUT2D eigenvalue weighted by Gasteiger charge is 2.20. The Hall–Kier alpha value is -2.21. The predicted molar refractivity (Wildman–Crippen MR) is 78.4 cm³/mol.